The molecule has 1 aromatic rings. The molecule has 2 nitrogen and oxygen atoms in total. The SMILES string of the molecule is C=C1Nc2ccc(C)cc2O1. The van der Waals surface area contributed by atoms with Crippen molar-refractivity contribution >= 4 is 5.69 Å². The number of anilines is 1. The first-order valence-electron chi connectivity index (χ1n) is 3.50. The summed E-state index contributed by atoms with van der Waals surface area (Å²) in [5, 5.41) is 3.01. The van der Waals surface area contributed by atoms with Crippen molar-refractivity contribution in [1.82, 2.24) is 0 Å². The van der Waals surface area contributed by atoms with Gasteiger partial charge in [-0.15, -0.1) is 0 Å². The van der Waals surface area contributed by atoms with Crippen molar-refractivity contribution in [2.24, 2.45) is 0 Å². The van der Waals surface area contributed by atoms with E-state index in [9.17, 15) is 0 Å². The molecule has 2 rings (SSSR count). The first-order chi connectivity index (χ1) is 5.25. The van der Waals surface area contributed by atoms with E-state index in [4.69, 9.17) is 4.74 Å². The molecule has 0 unspecified atom stereocenters. The lowest BCUT2D eigenvalue weighted by atomic mass is 10.2. The summed E-state index contributed by atoms with van der Waals surface area (Å²) in [5.74, 6) is 1.47. The average molecular weight is 147 g/mol. The Hall–Kier alpha value is -1.44. The molecule has 0 radical (unpaired) electrons. The predicted molar refractivity (Wildman–Crippen MR) is 44.6 cm³/mol. The minimum atomic E-state index is 0.602. The topological polar surface area (TPSA) is 21.3 Å². The molecule has 0 bridgehead atoms. The Morgan fingerprint density at radius 3 is 3.09 bits per heavy atom. The highest BCUT2D eigenvalue weighted by molar-refractivity contribution is 5.64. The van der Waals surface area contributed by atoms with Crippen molar-refractivity contribution in [3.8, 4) is 5.75 Å². The zero-order valence-corrected chi connectivity index (χ0v) is 6.35. The van der Waals surface area contributed by atoms with E-state index in [-0.39, 0.29) is 0 Å². The lowest BCUT2D eigenvalue weighted by molar-refractivity contribution is 0.459. The second-order valence-electron chi connectivity index (χ2n) is 2.65. The Kier molecular flexibility index (Phi) is 1.15. The van der Waals surface area contributed by atoms with Gasteiger partial charge in [-0.25, -0.2) is 0 Å². The van der Waals surface area contributed by atoms with Crippen LogP contribution in [0.3, 0.4) is 0 Å². The van der Waals surface area contributed by atoms with Gasteiger partial charge >= 0.3 is 0 Å². The Bertz CT molecular complexity index is 317. The van der Waals surface area contributed by atoms with Gasteiger partial charge in [-0.2, -0.15) is 0 Å². The van der Waals surface area contributed by atoms with Gasteiger partial charge in [0.1, 0.15) is 0 Å². The largest absolute Gasteiger partial charge is 0.440 e. The summed E-state index contributed by atoms with van der Waals surface area (Å²) in [6, 6.07) is 6.01. The fraction of sp³-hybridized carbons (Fsp3) is 0.111. The molecular formula is C9H9NO. The molecule has 1 heterocycles. The van der Waals surface area contributed by atoms with Gasteiger partial charge in [0.25, 0.3) is 0 Å². The van der Waals surface area contributed by atoms with Crippen LogP contribution in [0.5, 0.6) is 5.75 Å². The number of benzene rings is 1. The molecule has 0 aliphatic carbocycles. The fourth-order valence-corrected chi connectivity index (χ4v) is 1.13. The van der Waals surface area contributed by atoms with Gasteiger partial charge < -0.3 is 10.1 Å². The summed E-state index contributed by atoms with van der Waals surface area (Å²) in [6.07, 6.45) is 0. The predicted octanol–water partition coefficient (Wildman–Crippen LogP) is 2.27. The second-order valence-corrected chi connectivity index (χ2v) is 2.65. The van der Waals surface area contributed by atoms with Gasteiger partial charge in [-0.1, -0.05) is 6.07 Å². The monoisotopic (exact) mass is 147 g/mol. The third-order valence-electron chi connectivity index (χ3n) is 1.64. The molecular weight excluding hydrogens is 138 g/mol. The Balaban J connectivity index is 2.51. The first kappa shape index (κ1) is 6.28. The van der Waals surface area contributed by atoms with E-state index >= 15 is 0 Å². The molecule has 0 saturated carbocycles. The van der Waals surface area contributed by atoms with Crippen molar-refractivity contribution in [3.05, 3.63) is 36.2 Å². The summed E-state index contributed by atoms with van der Waals surface area (Å²) >= 11 is 0. The molecule has 0 saturated heterocycles. The van der Waals surface area contributed by atoms with Gasteiger partial charge in [-0.05, 0) is 31.2 Å². The molecule has 0 spiro atoms. The van der Waals surface area contributed by atoms with Crippen LogP contribution in [0.25, 0.3) is 0 Å². The van der Waals surface area contributed by atoms with Gasteiger partial charge in [0, 0.05) is 0 Å². The van der Waals surface area contributed by atoms with Crippen molar-refractivity contribution in [2.45, 2.75) is 6.92 Å². The summed E-state index contributed by atoms with van der Waals surface area (Å²) in [6.45, 7) is 5.70. The lowest BCUT2D eigenvalue weighted by Gasteiger charge is -1.95. The Morgan fingerprint density at radius 2 is 2.27 bits per heavy atom. The molecule has 1 N–H and O–H groups in total. The van der Waals surface area contributed by atoms with Crippen LogP contribution in [0.2, 0.25) is 0 Å². The summed E-state index contributed by atoms with van der Waals surface area (Å²) in [7, 11) is 0. The highest BCUT2D eigenvalue weighted by atomic mass is 16.5. The van der Waals surface area contributed by atoms with Crippen molar-refractivity contribution in [3.63, 3.8) is 0 Å². The van der Waals surface area contributed by atoms with Crippen LogP contribution < -0.4 is 10.1 Å². The number of aryl methyl sites for hydroxylation is 1. The Labute approximate surface area is 65.5 Å². The maximum atomic E-state index is 5.28. The lowest BCUT2D eigenvalue weighted by Crippen LogP contribution is -1.92. The molecule has 0 aromatic heterocycles. The number of rotatable bonds is 0. The number of hydrogen-bond acceptors (Lipinski definition) is 2. The fourth-order valence-electron chi connectivity index (χ4n) is 1.13. The second kappa shape index (κ2) is 2.02. The summed E-state index contributed by atoms with van der Waals surface area (Å²) in [5.41, 5.74) is 2.20. The molecule has 0 fully saturated rings. The molecule has 0 amide bonds. The van der Waals surface area contributed by atoms with E-state index in [1.165, 1.54) is 5.56 Å². The standard InChI is InChI=1S/C9H9NO/c1-6-3-4-8-9(5-6)11-7(2)10-8/h3-5,10H,2H2,1H3. The van der Waals surface area contributed by atoms with Crippen LogP contribution in [0, 0.1) is 6.92 Å². The zero-order valence-electron chi connectivity index (χ0n) is 6.35. The quantitative estimate of drug-likeness (QED) is 0.607. The zero-order chi connectivity index (χ0) is 7.84. The number of fused-ring (bicyclic) bond motifs is 1. The highest BCUT2D eigenvalue weighted by Gasteiger charge is 2.13. The number of nitrogens with one attached hydrogen (secondary N) is 1. The normalized spacial score (nSPS) is 13.7. The Morgan fingerprint density at radius 1 is 1.45 bits per heavy atom. The minimum absolute atomic E-state index is 0.602. The molecule has 1 aliphatic heterocycles. The van der Waals surface area contributed by atoms with Crippen molar-refractivity contribution < 1.29 is 4.74 Å². The summed E-state index contributed by atoms with van der Waals surface area (Å²) in [4.78, 5) is 0. The van der Waals surface area contributed by atoms with Crippen molar-refractivity contribution in [2.75, 3.05) is 5.32 Å². The maximum Gasteiger partial charge on any atom is 0.190 e. The van der Waals surface area contributed by atoms with Crippen molar-refractivity contribution in [1.29, 1.82) is 0 Å². The van der Waals surface area contributed by atoms with E-state index in [1.54, 1.807) is 0 Å². The molecule has 2 heteroatoms. The number of hydrogen-bond donors (Lipinski definition) is 1. The van der Waals surface area contributed by atoms with Gasteiger partial charge in [-0.3, -0.25) is 0 Å². The van der Waals surface area contributed by atoms with E-state index in [2.05, 4.69) is 11.9 Å². The average Bonchev–Trinajstić information content (AvgIpc) is 2.27. The smallest absolute Gasteiger partial charge is 0.190 e. The van der Waals surface area contributed by atoms with Crippen LogP contribution in [0.4, 0.5) is 5.69 Å². The van der Waals surface area contributed by atoms with Crippen LogP contribution >= 0.6 is 0 Å². The van der Waals surface area contributed by atoms with Gasteiger partial charge in [0.15, 0.2) is 11.6 Å². The molecule has 1 aliphatic rings. The van der Waals surface area contributed by atoms with Crippen LogP contribution in [-0.2, 0) is 0 Å². The third kappa shape index (κ3) is 0.963. The minimum Gasteiger partial charge on any atom is -0.440 e. The molecule has 11 heavy (non-hydrogen) atoms. The maximum absolute atomic E-state index is 5.28. The van der Waals surface area contributed by atoms with E-state index < -0.39 is 0 Å². The van der Waals surface area contributed by atoms with Gasteiger partial charge in [0.05, 0.1) is 5.69 Å². The van der Waals surface area contributed by atoms with Crippen LogP contribution in [0.15, 0.2) is 30.7 Å². The molecule has 0 atom stereocenters. The van der Waals surface area contributed by atoms with E-state index in [0.717, 1.165) is 11.4 Å². The van der Waals surface area contributed by atoms with E-state index in [1.807, 2.05) is 25.1 Å². The number of ether oxygens (including phenoxy) is 1. The van der Waals surface area contributed by atoms with Gasteiger partial charge in [0.2, 0.25) is 0 Å². The third-order valence-corrected chi connectivity index (χ3v) is 1.64. The highest BCUT2D eigenvalue weighted by Crippen LogP contribution is 2.32. The van der Waals surface area contributed by atoms with Crippen LogP contribution in [0.1, 0.15) is 5.56 Å². The molecule has 1 aromatic carbocycles. The molecule has 56 valence electrons. The van der Waals surface area contributed by atoms with Crippen LogP contribution in [-0.4, -0.2) is 0 Å². The first-order valence-corrected chi connectivity index (χ1v) is 3.50. The summed E-state index contributed by atoms with van der Waals surface area (Å²) < 4.78 is 5.28. The van der Waals surface area contributed by atoms with E-state index in [0.29, 0.717) is 5.88 Å².